The van der Waals surface area contributed by atoms with Crippen LogP contribution < -0.4 is 4.90 Å². The van der Waals surface area contributed by atoms with Crippen molar-refractivity contribution < 1.29 is 5.11 Å². The molecule has 1 fully saturated rings. The Kier molecular flexibility index (Phi) is 3.55. The van der Waals surface area contributed by atoms with E-state index in [1.165, 1.54) is 12.8 Å². The van der Waals surface area contributed by atoms with Gasteiger partial charge in [0.05, 0.1) is 6.10 Å². The summed E-state index contributed by atoms with van der Waals surface area (Å²) in [5.74, 6) is 0.853. The Labute approximate surface area is 105 Å². The lowest BCUT2D eigenvalue weighted by Gasteiger charge is -2.24. The number of nitrogens with zero attached hydrogens (tertiary/aromatic N) is 1. The molecular weight excluding hydrogens is 266 g/mol. The van der Waals surface area contributed by atoms with Crippen LogP contribution in [-0.2, 0) is 0 Å². The first-order chi connectivity index (χ1) is 7.58. The van der Waals surface area contributed by atoms with E-state index in [9.17, 15) is 5.11 Å². The van der Waals surface area contributed by atoms with Crippen molar-refractivity contribution in [1.82, 2.24) is 0 Å². The molecule has 1 N–H and O–H groups in total. The first-order valence-corrected chi connectivity index (χ1v) is 6.56. The molecule has 3 heteroatoms. The molecule has 1 atom stereocenters. The molecule has 0 bridgehead atoms. The molecule has 0 saturated heterocycles. The molecular formula is C13H18BrNO. The minimum Gasteiger partial charge on any atom is -0.389 e. The Bertz CT molecular complexity index is 374. The van der Waals surface area contributed by atoms with Gasteiger partial charge in [0.2, 0.25) is 0 Å². The summed E-state index contributed by atoms with van der Waals surface area (Å²) in [4.78, 5) is 2.25. The molecule has 1 aromatic rings. The fourth-order valence-corrected chi connectivity index (χ4v) is 2.34. The summed E-state index contributed by atoms with van der Waals surface area (Å²) in [6.45, 7) is 2.91. The number of benzene rings is 1. The summed E-state index contributed by atoms with van der Waals surface area (Å²) in [7, 11) is 2.10. The van der Waals surface area contributed by atoms with Crippen molar-refractivity contribution in [3.05, 3.63) is 28.2 Å². The van der Waals surface area contributed by atoms with E-state index in [0.29, 0.717) is 0 Å². The lowest BCUT2D eigenvalue weighted by atomic mass is 10.1. The van der Waals surface area contributed by atoms with Crippen molar-refractivity contribution in [2.45, 2.75) is 25.9 Å². The van der Waals surface area contributed by atoms with Crippen LogP contribution >= 0.6 is 15.9 Å². The summed E-state index contributed by atoms with van der Waals surface area (Å²) < 4.78 is 1.06. The van der Waals surface area contributed by atoms with Crippen LogP contribution in [0.25, 0.3) is 0 Å². The van der Waals surface area contributed by atoms with Gasteiger partial charge >= 0.3 is 0 Å². The van der Waals surface area contributed by atoms with E-state index in [2.05, 4.69) is 33.9 Å². The van der Waals surface area contributed by atoms with Gasteiger partial charge in [-0.2, -0.15) is 0 Å². The van der Waals surface area contributed by atoms with Gasteiger partial charge in [0.15, 0.2) is 0 Å². The number of hydrogen-bond donors (Lipinski definition) is 1. The van der Waals surface area contributed by atoms with Crippen LogP contribution in [0.2, 0.25) is 0 Å². The van der Waals surface area contributed by atoms with Gasteiger partial charge in [-0.1, -0.05) is 22.0 Å². The molecule has 2 nitrogen and oxygen atoms in total. The van der Waals surface area contributed by atoms with E-state index in [-0.39, 0.29) is 0 Å². The lowest BCUT2D eigenvalue weighted by molar-refractivity contribution is 0.199. The van der Waals surface area contributed by atoms with E-state index in [1.807, 2.05) is 19.1 Å². The SMILES string of the molecule is CC(O)c1ccc(Br)cc1N(C)CC1CC1. The largest absolute Gasteiger partial charge is 0.389 e. The zero-order valence-electron chi connectivity index (χ0n) is 9.78. The third kappa shape index (κ3) is 2.77. The van der Waals surface area contributed by atoms with Crippen LogP contribution in [0.1, 0.15) is 31.4 Å². The highest BCUT2D eigenvalue weighted by Gasteiger charge is 2.24. The van der Waals surface area contributed by atoms with Crippen molar-refractivity contribution in [2.75, 3.05) is 18.5 Å². The topological polar surface area (TPSA) is 23.5 Å². The van der Waals surface area contributed by atoms with E-state index in [1.54, 1.807) is 0 Å². The number of aliphatic hydroxyl groups is 1. The summed E-state index contributed by atoms with van der Waals surface area (Å²) in [5, 5.41) is 9.75. The highest BCUT2D eigenvalue weighted by Crippen LogP contribution is 2.34. The molecule has 0 aromatic heterocycles. The molecule has 1 aliphatic carbocycles. The summed E-state index contributed by atoms with van der Waals surface area (Å²) in [6.07, 6.45) is 2.29. The predicted octanol–water partition coefficient (Wildman–Crippen LogP) is 3.35. The Balaban J connectivity index is 2.24. The first kappa shape index (κ1) is 11.9. The smallest absolute Gasteiger partial charge is 0.0782 e. The Morgan fingerprint density at radius 2 is 2.19 bits per heavy atom. The summed E-state index contributed by atoms with van der Waals surface area (Å²) in [5.41, 5.74) is 2.14. The highest BCUT2D eigenvalue weighted by molar-refractivity contribution is 9.10. The average Bonchev–Trinajstić information content (AvgIpc) is 3.01. The number of halogens is 1. The second kappa shape index (κ2) is 4.76. The Morgan fingerprint density at radius 3 is 2.75 bits per heavy atom. The fraction of sp³-hybridized carbons (Fsp3) is 0.538. The van der Waals surface area contributed by atoms with E-state index in [0.717, 1.165) is 28.2 Å². The molecule has 1 aromatic carbocycles. The zero-order valence-corrected chi connectivity index (χ0v) is 11.4. The van der Waals surface area contributed by atoms with Crippen LogP contribution in [0.3, 0.4) is 0 Å². The summed E-state index contributed by atoms with van der Waals surface area (Å²) >= 11 is 3.49. The Hall–Kier alpha value is -0.540. The number of rotatable bonds is 4. The van der Waals surface area contributed by atoms with E-state index < -0.39 is 6.10 Å². The van der Waals surface area contributed by atoms with Crippen molar-refractivity contribution in [2.24, 2.45) is 5.92 Å². The zero-order chi connectivity index (χ0) is 11.7. The number of aliphatic hydroxyl groups excluding tert-OH is 1. The average molecular weight is 284 g/mol. The normalized spacial score (nSPS) is 17.2. The predicted molar refractivity (Wildman–Crippen MR) is 70.8 cm³/mol. The monoisotopic (exact) mass is 283 g/mol. The third-order valence-electron chi connectivity index (χ3n) is 3.08. The minimum atomic E-state index is -0.412. The molecule has 0 radical (unpaired) electrons. The molecule has 0 heterocycles. The van der Waals surface area contributed by atoms with Gasteiger partial charge in [0.1, 0.15) is 0 Å². The molecule has 2 rings (SSSR count). The van der Waals surface area contributed by atoms with Crippen molar-refractivity contribution in [3.63, 3.8) is 0 Å². The lowest BCUT2D eigenvalue weighted by Crippen LogP contribution is -2.21. The maximum atomic E-state index is 9.75. The van der Waals surface area contributed by atoms with Crippen LogP contribution in [0, 0.1) is 5.92 Å². The fourth-order valence-electron chi connectivity index (χ4n) is 1.99. The van der Waals surface area contributed by atoms with Crippen LogP contribution in [0.15, 0.2) is 22.7 Å². The van der Waals surface area contributed by atoms with Crippen LogP contribution in [0.4, 0.5) is 5.69 Å². The molecule has 88 valence electrons. The molecule has 0 aliphatic heterocycles. The molecule has 1 aliphatic rings. The van der Waals surface area contributed by atoms with E-state index in [4.69, 9.17) is 0 Å². The number of anilines is 1. The van der Waals surface area contributed by atoms with Gasteiger partial charge in [-0.25, -0.2) is 0 Å². The van der Waals surface area contributed by atoms with Gasteiger partial charge < -0.3 is 10.0 Å². The second-order valence-electron chi connectivity index (χ2n) is 4.70. The minimum absolute atomic E-state index is 0.412. The molecule has 1 unspecified atom stereocenters. The molecule has 16 heavy (non-hydrogen) atoms. The summed E-state index contributed by atoms with van der Waals surface area (Å²) in [6, 6.07) is 6.06. The van der Waals surface area contributed by atoms with Gasteiger partial charge in [-0.15, -0.1) is 0 Å². The highest BCUT2D eigenvalue weighted by atomic mass is 79.9. The van der Waals surface area contributed by atoms with Gasteiger partial charge in [-0.05, 0) is 37.8 Å². The van der Waals surface area contributed by atoms with Crippen LogP contribution in [0.5, 0.6) is 0 Å². The van der Waals surface area contributed by atoms with Crippen molar-refractivity contribution >= 4 is 21.6 Å². The maximum absolute atomic E-state index is 9.75. The van der Waals surface area contributed by atoms with Crippen molar-refractivity contribution in [1.29, 1.82) is 0 Å². The van der Waals surface area contributed by atoms with E-state index >= 15 is 0 Å². The molecule has 1 saturated carbocycles. The quantitative estimate of drug-likeness (QED) is 0.916. The second-order valence-corrected chi connectivity index (χ2v) is 5.62. The number of hydrogen-bond acceptors (Lipinski definition) is 2. The maximum Gasteiger partial charge on any atom is 0.0782 e. The van der Waals surface area contributed by atoms with Crippen LogP contribution in [-0.4, -0.2) is 18.7 Å². The third-order valence-corrected chi connectivity index (χ3v) is 3.58. The van der Waals surface area contributed by atoms with Gasteiger partial charge in [-0.3, -0.25) is 0 Å². The Morgan fingerprint density at radius 1 is 1.50 bits per heavy atom. The van der Waals surface area contributed by atoms with Gasteiger partial charge in [0, 0.05) is 29.3 Å². The first-order valence-electron chi connectivity index (χ1n) is 5.76. The molecule has 0 spiro atoms. The standard InChI is InChI=1S/C13H18BrNO/c1-9(16)12-6-5-11(14)7-13(12)15(2)8-10-3-4-10/h5-7,9-10,16H,3-4,8H2,1-2H3. The van der Waals surface area contributed by atoms with Gasteiger partial charge in [0.25, 0.3) is 0 Å². The molecule has 0 amide bonds. The van der Waals surface area contributed by atoms with Crippen molar-refractivity contribution in [3.8, 4) is 0 Å².